The monoisotopic (exact) mass is 127 g/mol. The van der Waals surface area contributed by atoms with Crippen molar-refractivity contribution in [1.82, 2.24) is 15.4 Å². The highest BCUT2D eigenvalue weighted by Gasteiger charge is 1.96. The molecule has 9 heavy (non-hydrogen) atoms. The summed E-state index contributed by atoms with van der Waals surface area (Å²) in [5, 5.41) is 9.08. The van der Waals surface area contributed by atoms with Crippen LogP contribution in [0, 0.1) is 0 Å². The van der Waals surface area contributed by atoms with Crippen LogP contribution in [-0.4, -0.2) is 21.4 Å². The van der Waals surface area contributed by atoms with E-state index in [4.69, 9.17) is 0 Å². The maximum Gasteiger partial charge on any atom is 0.309 e. The van der Waals surface area contributed by atoms with Crippen molar-refractivity contribution >= 4 is 5.97 Å². The summed E-state index contributed by atoms with van der Waals surface area (Å²) in [5.74, 6) is -0.122. The Morgan fingerprint density at radius 3 is 3.11 bits per heavy atom. The molecule has 1 aromatic rings. The van der Waals surface area contributed by atoms with E-state index in [1.165, 1.54) is 13.1 Å². The van der Waals surface area contributed by atoms with Crippen LogP contribution in [0.15, 0.2) is 6.20 Å². The first-order chi connectivity index (χ1) is 4.29. The zero-order valence-corrected chi connectivity index (χ0v) is 4.79. The molecular weight excluding hydrogens is 122 g/mol. The molecule has 1 N–H and O–H groups in total. The Morgan fingerprint density at radius 2 is 2.67 bits per heavy atom. The first kappa shape index (κ1) is 5.74. The summed E-state index contributed by atoms with van der Waals surface area (Å²) in [6.45, 7) is 1.31. The van der Waals surface area contributed by atoms with Crippen molar-refractivity contribution in [3.05, 3.63) is 6.20 Å². The Hall–Kier alpha value is -1.39. The highest BCUT2D eigenvalue weighted by molar-refractivity contribution is 5.68. The fourth-order valence-electron chi connectivity index (χ4n) is 0.392. The minimum absolute atomic E-state index is 0.266. The standard InChI is InChI=1S/C4H5N3O2/c1-3(8)9-4-2-5-7-6-4/h2H,1H3,(H,5,6,7). The second kappa shape index (κ2) is 2.25. The molecule has 1 heterocycles. The molecule has 5 heteroatoms. The summed E-state index contributed by atoms with van der Waals surface area (Å²) in [4.78, 5) is 10.2. The molecular formula is C4H5N3O2. The largest absolute Gasteiger partial charge is 0.406 e. The Labute approximate surface area is 51.0 Å². The van der Waals surface area contributed by atoms with Gasteiger partial charge in [-0.15, -0.1) is 5.10 Å². The molecule has 0 spiro atoms. The highest BCUT2D eigenvalue weighted by Crippen LogP contribution is 1.98. The number of ether oxygens (including phenoxy) is 1. The summed E-state index contributed by atoms with van der Waals surface area (Å²) >= 11 is 0. The molecule has 0 aromatic carbocycles. The first-order valence-corrected chi connectivity index (χ1v) is 2.33. The van der Waals surface area contributed by atoms with Gasteiger partial charge in [0.25, 0.3) is 0 Å². The van der Waals surface area contributed by atoms with Crippen molar-refractivity contribution in [2.24, 2.45) is 0 Å². The number of hydrogen-bond acceptors (Lipinski definition) is 4. The molecule has 0 fully saturated rings. The van der Waals surface area contributed by atoms with Crippen molar-refractivity contribution in [3.8, 4) is 5.88 Å². The van der Waals surface area contributed by atoms with Gasteiger partial charge in [0.05, 0.1) is 0 Å². The van der Waals surface area contributed by atoms with E-state index < -0.39 is 0 Å². The van der Waals surface area contributed by atoms with E-state index in [9.17, 15) is 4.79 Å². The fraction of sp³-hybridized carbons (Fsp3) is 0.250. The van der Waals surface area contributed by atoms with E-state index in [2.05, 4.69) is 20.1 Å². The Morgan fingerprint density at radius 1 is 1.89 bits per heavy atom. The number of aromatic amines is 1. The molecule has 0 saturated heterocycles. The van der Waals surface area contributed by atoms with Gasteiger partial charge < -0.3 is 4.74 Å². The predicted molar refractivity (Wildman–Crippen MR) is 27.7 cm³/mol. The van der Waals surface area contributed by atoms with Gasteiger partial charge in [0.15, 0.2) is 0 Å². The Kier molecular flexibility index (Phi) is 1.44. The van der Waals surface area contributed by atoms with Crippen molar-refractivity contribution in [2.75, 3.05) is 0 Å². The second-order valence-electron chi connectivity index (χ2n) is 1.41. The van der Waals surface area contributed by atoms with Crippen LogP contribution < -0.4 is 4.74 Å². The number of H-pyrrole nitrogens is 1. The van der Waals surface area contributed by atoms with Gasteiger partial charge >= 0.3 is 5.97 Å². The lowest BCUT2D eigenvalue weighted by molar-refractivity contribution is -0.132. The van der Waals surface area contributed by atoms with Crippen molar-refractivity contribution < 1.29 is 9.53 Å². The third-order valence-electron chi connectivity index (χ3n) is 0.647. The van der Waals surface area contributed by atoms with E-state index >= 15 is 0 Å². The van der Waals surface area contributed by atoms with E-state index in [0.29, 0.717) is 0 Å². The zero-order chi connectivity index (χ0) is 6.69. The molecule has 0 aliphatic rings. The van der Waals surface area contributed by atoms with Crippen LogP contribution in [0.4, 0.5) is 0 Å². The summed E-state index contributed by atoms with van der Waals surface area (Å²) < 4.78 is 4.53. The molecule has 0 bridgehead atoms. The molecule has 0 amide bonds. The predicted octanol–water partition coefficient (Wildman–Crippen LogP) is -0.270. The van der Waals surface area contributed by atoms with Gasteiger partial charge in [0.1, 0.15) is 6.20 Å². The maximum atomic E-state index is 10.2. The van der Waals surface area contributed by atoms with Crippen molar-refractivity contribution in [1.29, 1.82) is 0 Å². The van der Waals surface area contributed by atoms with Crippen LogP contribution in [0.1, 0.15) is 6.92 Å². The van der Waals surface area contributed by atoms with Crippen LogP contribution in [0.3, 0.4) is 0 Å². The number of rotatable bonds is 1. The minimum Gasteiger partial charge on any atom is -0.406 e. The lowest BCUT2D eigenvalue weighted by Gasteiger charge is -1.90. The number of nitrogens with one attached hydrogen (secondary N) is 1. The van der Waals surface area contributed by atoms with E-state index in [1.807, 2.05) is 0 Å². The highest BCUT2D eigenvalue weighted by atomic mass is 16.5. The van der Waals surface area contributed by atoms with Crippen LogP contribution in [-0.2, 0) is 4.79 Å². The number of carbonyl (C=O) groups is 1. The average Bonchev–Trinajstić information content (AvgIpc) is 2.15. The summed E-state index contributed by atoms with van der Waals surface area (Å²) in [6.07, 6.45) is 1.32. The topological polar surface area (TPSA) is 67.9 Å². The third kappa shape index (κ3) is 1.52. The number of esters is 1. The normalized spacial score (nSPS) is 9.00. The minimum atomic E-state index is -0.388. The lowest BCUT2D eigenvalue weighted by Crippen LogP contribution is -2.01. The van der Waals surface area contributed by atoms with Gasteiger partial charge in [0, 0.05) is 6.92 Å². The van der Waals surface area contributed by atoms with Crippen LogP contribution in [0.25, 0.3) is 0 Å². The quantitative estimate of drug-likeness (QED) is 0.527. The third-order valence-corrected chi connectivity index (χ3v) is 0.647. The van der Waals surface area contributed by atoms with E-state index in [0.717, 1.165) is 0 Å². The smallest absolute Gasteiger partial charge is 0.309 e. The molecule has 0 saturated carbocycles. The molecule has 48 valence electrons. The van der Waals surface area contributed by atoms with E-state index in [1.54, 1.807) is 0 Å². The van der Waals surface area contributed by atoms with Gasteiger partial charge in [0.2, 0.25) is 5.88 Å². The summed E-state index contributed by atoms with van der Waals surface area (Å²) in [6, 6.07) is 0. The number of hydrogen-bond donors (Lipinski definition) is 1. The molecule has 1 aromatic heterocycles. The van der Waals surface area contributed by atoms with Crippen LogP contribution in [0.5, 0.6) is 5.88 Å². The van der Waals surface area contributed by atoms with Gasteiger partial charge in [-0.3, -0.25) is 4.79 Å². The van der Waals surface area contributed by atoms with Gasteiger partial charge in [-0.05, 0) is 0 Å². The number of carbonyl (C=O) groups excluding carboxylic acids is 1. The van der Waals surface area contributed by atoms with E-state index in [-0.39, 0.29) is 11.8 Å². The molecule has 0 aliphatic carbocycles. The van der Waals surface area contributed by atoms with Crippen molar-refractivity contribution in [3.63, 3.8) is 0 Å². The van der Waals surface area contributed by atoms with Crippen LogP contribution >= 0.6 is 0 Å². The molecule has 0 radical (unpaired) electrons. The first-order valence-electron chi connectivity index (χ1n) is 2.33. The average molecular weight is 127 g/mol. The summed E-state index contributed by atoms with van der Waals surface area (Å²) in [5.41, 5.74) is 0. The molecule has 0 unspecified atom stereocenters. The van der Waals surface area contributed by atoms with Gasteiger partial charge in [-0.1, -0.05) is 5.21 Å². The van der Waals surface area contributed by atoms with Gasteiger partial charge in [-0.25, -0.2) is 5.10 Å². The van der Waals surface area contributed by atoms with Gasteiger partial charge in [-0.2, -0.15) is 0 Å². The summed E-state index contributed by atoms with van der Waals surface area (Å²) in [7, 11) is 0. The Bertz CT molecular complexity index is 194. The molecule has 1 rings (SSSR count). The zero-order valence-electron chi connectivity index (χ0n) is 4.79. The molecule has 5 nitrogen and oxygen atoms in total. The number of aromatic nitrogens is 3. The van der Waals surface area contributed by atoms with Crippen molar-refractivity contribution in [2.45, 2.75) is 6.92 Å². The maximum absolute atomic E-state index is 10.2. The SMILES string of the molecule is CC(=O)Oc1cnn[nH]1. The lowest BCUT2D eigenvalue weighted by atomic mass is 10.8. The Balaban J connectivity index is 2.58. The molecule has 0 atom stereocenters. The number of nitrogens with zero attached hydrogens (tertiary/aromatic N) is 2. The fourth-order valence-corrected chi connectivity index (χ4v) is 0.392. The second-order valence-corrected chi connectivity index (χ2v) is 1.41. The van der Waals surface area contributed by atoms with Crippen LogP contribution in [0.2, 0.25) is 0 Å². The molecule has 0 aliphatic heterocycles.